The van der Waals surface area contributed by atoms with Gasteiger partial charge in [0.1, 0.15) is 5.69 Å². The number of aromatic nitrogens is 2. The molecule has 1 saturated heterocycles. The van der Waals surface area contributed by atoms with Crippen LogP contribution in [0.5, 0.6) is 0 Å². The molecule has 1 fully saturated rings. The van der Waals surface area contributed by atoms with Crippen molar-refractivity contribution in [3.05, 3.63) is 59.3 Å². The molecule has 0 aliphatic carbocycles. The van der Waals surface area contributed by atoms with Crippen LogP contribution in [0.15, 0.2) is 53.7 Å². The van der Waals surface area contributed by atoms with Gasteiger partial charge in [0.25, 0.3) is 5.56 Å². The van der Waals surface area contributed by atoms with Gasteiger partial charge in [-0.2, -0.15) is 0 Å². The second-order valence-electron chi connectivity index (χ2n) is 6.24. The number of hydrogen-bond donors (Lipinski definition) is 3. The Kier molecular flexibility index (Phi) is 5.80. The van der Waals surface area contributed by atoms with Gasteiger partial charge in [-0.3, -0.25) is 14.6 Å². The number of likely N-dealkylation sites (tertiary alicyclic amines) is 1. The smallest absolute Gasteiger partial charge is 0.271 e. The molecule has 2 aromatic heterocycles. The van der Waals surface area contributed by atoms with Crippen LogP contribution in [-0.2, 0) is 4.79 Å². The minimum Gasteiger partial charge on any atom is -0.376 e. The van der Waals surface area contributed by atoms with Gasteiger partial charge in [-0.15, -0.1) is 0 Å². The zero-order chi connectivity index (χ0) is 18.4. The number of nitrogens with zero attached hydrogens (tertiary/aromatic N) is 2. The Morgan fingerprint density at radius 3 is 2.96 bits per heavy atom. The van der Waals surface area contributed by atoms with Crippen LogP contribution in [0.3, 0.4) is 0 Å². The Bertz CT molecular complexity index is 831. The molecule has 0 spiro atoms. The van der Waals surface area contributed by atoms with Gasteiger partial charge in [0.05, 0.1) is 0 Å². The SMILES string of the molecule is CNC/C=C/C(=O)N1CCC(Nc2cc(-c3ccncc3)c[nH]c2=O)C1. The highest BCUT2D eigenvalue weighted by Gasteiger charge is 2.25. The average Bonchev–Trinajstić information content (AvgIpc) is 3.13. The van der Waals surface area contributed by atoms with E-state index in [1.54, 1.807) is 29.6 Å². The van der Waals surface area contributed by atoms with Gasteiger partial charge in [-0.1, -0.05) is 6.08 Å². The van der Waals surface area contributed by atoms with E-state index in [0.717, 1.165) is 17.5 Å². The minimum atomic E-state index is -0.165. The predicted octanol–water partition coefficient (Wildman–Crippen LogP) is 1.23. The van der Waals surface area contributed by atoms with Gasteiger partial charge < -0.3 is 20.5 Å². The van der Waals surface area contributed by atoms with Crippen LogP contribution < -0.4 is 16.2 Å². The van der Waals surface area contributed by atoms with Crippen molar-refractivity contribution in [3.63, 3.8) is 0 Å². The van der Waals surface area contributed by atoms with E-state index in [-0.39, 0.29) is 17.5 Å². The fourth-order valence-electron chi connectivity index (χ4n) is 2.98. The summed E-state index contributed by atoms with van der Waals surface area (Å²) in [4.78, 5) is 32.9. The first-order valence-electron chi connectivity index (χ1n) is 8.67. The summed E-state index contributed by atoms with van der Waals surface area (Å²) in [5.74, 6) is 0.00370. The highest BCUT2D eigenvalue weighted by atomic mass is 16.2. The molecule has 1 unspecified atom stereocenters. The summed E-state index contributed by atoms with van der Waals surface area (Å²) in [6.07, 6.45) is 9.34. The minimum absolute atomic E-state index is 0.00370. The normalized spacial score (nSPS) is 17.0. The molecule has 0 bridgehead atoms. The number of H-pyrrole nitrogens is 1. The fraction of sp³-hybridized carbons (Fsp3) is 0.316. The molecule has 136 valence electrons. The van der Waals surface area contributed by atoms with Gasteiger partial charge in [-0.05, 0) is 37.2 Å². The van der Waals surface area contributed by atoms with E-state index in [9.17, 15) is 9.59 Å². The number of pyridine rings is 2. The van der Waals surface area contributed by atoms with Crippen molar-refractivity contribution in [2.24, 2.45) is 0 Å². The molecule has 3 rings (SSSR count). The highest BCUT2D eigenvalue weighted by molar-refractivity contribution is 5.87. The first-order chi connectivity index (χ1) is 12.7. The molecule has 1 amide bonds. The largest absolute Gasteiger partial charge is 0.376 e. The van der Waals surface area contributed by atoms with Gasteiger partial charge in [0.2, 0.25) is 5.91 Å². The molecular formula is C19H23N5O2. The van der Waals surface area contributed by atoms with Gasteiger partial charge in [0.15, 0.2) is 0 Å². The molecule has 0 radical (unpaired) electrons. The number of rotatable bonds is 6. The summed E-state index contributed by atoms with van der Waals surface area (Å²) in [6, 6.07) is 5.69. The van der Waals surface area contributed by atoms with Crippen molar-refractivity contribution in [2.45, 2.75) is 12.5 Å². The highest BCUT2D eigenvalue weighted by Crippen LogP contribution is 2.20. The van der Waals surface area contributed by atoms with Gasteiger partial charge in [-0.25, -0.2) is 0 Å². The Labute approximate surface area is 152 Å². The molecule has 7 heteroatoms. The summed E-state index contributed by atoms with van der Waals surface area (Å²) in [5.41, 5.74) is 2.25. The lowest BCUT2D eigenvalue weighted by atomic mass is 10.1. The maximum Gasteiger partial charge on any atom is 0.271 e. The zero-order valence-electron chi connectivity index (χ0n) is 14.7. The van der Waals surface area contributed by atoms with E-state index < -0.39 is 0 Å². The van der Waals surface area contributed by atoms with E-state index in [1.165, 1.54) is 0 Å². The number of carbonyl (C=O) groups is 1. The number of aromatic amines is 1. The molecule has 3 N–H and O–H groups in total. The number of amides is 1. The van der Waals surface area contributed by atoms with Crippen LogP contribution in [0, 0.1) is 0 Å². The van der Waals surface area contributed by atoms with Crippen LogP contribution in [0.4, 0.5) is 5.69 Å². The number of anilines is 1. The lowest BCUT2D eigenvalue weighted by Gasteiger charge is -2.16. The third-order valence-corrected chi connectivity index (χ3v) is 4.36. The lowest BCUT2D eigenvalue weighted by molar-refractivity contribution is -0.125. The molecule has 2 aromatic rings. The molecule has 0 saturated carbocycles. The number of likely N-dealkylation sites (N-methyl/N-ethyl adjacent to an activating group) is 1. The molecule has 3 heterocycles. The third kappa shape index (κ3) is 4.37. The Morgan fingerprint density at radius 2 is 2.19 bits per heavy atom. The lowest BCUT2D eigenvalue weighted by Crippen LogP contribution is -2.31. The molecule has 0 aromatic carbocycles. The molecule has 1 atom stereocenters. The topological polar surface area (TPSA) is 90.1 Å². The third-order valence-electron chi connectivity index (χ3n) is 4.36. The van der Waals surface area contributed by atoms with Crippen LogP contribution in [-0.4, -0.2) is 53.5 Å². The summed E-state index contributed by atoms with van der Waals surface area (Å²) >= 11 is 0. The number of nitrogens with one attached hydrogen (secondary N) is 3. The van der Waals surface area contributed by atoms with E-state index in [4.69, 9.17) is 0 Å². The monoisotopic (exact) mass is 353 g/mol. The molecule has 1 aliphatic heterocycles. The van der Waals surface area contributed by atoms with E-state index in [0.29, 0.717) is 25.3 Å². The first kappa shape index (κ1) is 17.9. The summed E-state index contributed by atoms with van der Waals surface area (Å²) in [5, 5.41) is 6.25. The fourth-order valence-corrected chi connectivity index (χ4v) is 2.98. The maximum absolute atomic E-state index is 12.2. The van der Waals surface area contributed by atoms with E-state index >= 15 is 0 Å². The summed E-state index contributed by atoms with van der Waals surface area (Å²) < 4.78 is 0. The van der Waals surface area contributed by atoms with Gasteiger partial charge in [0, 0.05) is 55.9 Å². The van der Waals surface area contributed by atoms with Crippen molar-refractivity contribution in [3.8, 4) is 11.1 Å². The quantitative estimate of drug-likeness (QED) is 0.680. The predicted molar refractivity (Wildman–Crippen MR) is 102 cm³/mol. The van der Waals surface area contributed by atoms with Crippen LogP contribution in [0.2, 0.25) is 0 Å². The molecule has 7 nitrogen and oxygen atoms in total. The van der Waals surface area contributed by atoms with Crippen molar-refractivity contribution in [1.82, 2.24) is 20.2 Å². The van der Waals surface area contributed by atoms with Crippen LogP contribution in [0.25, 0.3) is 11.1 Å². The van der Waals surface area contributed by atoms with E-state index in [2.05, 4.69) is 20.6 Å². The Morgan fingerprint density at radius 1 is 1.38 bits per heavy atom. The Balaban J connectivity index is 1.66. The van der Waals surface area contributed by atoms with Crippen LogP contribution >= 0.6 is 0 Å². The standard InChI is InChI=1S/C19H23N5O2/c1-20-7-2-3-18(25)24-10-6-16(13-24)23-17-11-15(12-22-19(17)26)14-4-8-21-9-5-14/h2-5,8-9,11-12,16,20,23H,6-7,10,13H2,1H3,(H,22,26)/b3-2+. The summed E-state index contributed by atoms with van der Waals surface area (Å²) in [6.45, 7) is 1.93. The van der Waals surface area contributed by atoms with Gasteiger partial charge >= 0.3 is 0 Å². The number of hydrogen-bond acceptors (Lipinski definition) is 5. The molecule has 1 aliphatic rings. The van der Waals surface area contributed by atoms with Crippen molar-refractivity contribution in [2.75, 3.05) is 32.0 Å². The van der Waals surface area contributed by atoms with E-state index in [1.807, 2.05) is 31.3 Å². The number of carbonyl (C=O) groups excluding carboxylic acids is 1. The second kappa shape index (κ2) is 8.44. The molecular weight excluding hydrogens is 330 g/mol. The second-order valence-corrected chi connectivity index (χ2v) is 6.24. The Hall–Kier alpha value is -2.93. The zero-order valence-corrected chi connectivity index (χ0v) is 14.7. The van der Waals surface area contributed by atoms with Crippen molar-refractivity contribution >= 4 is 11.6 Å². The summed E-state index contributed by atoms with van der Waals surface area (Å²) in [7, 11) is 1.84. The first-order valence-corrected chi connectivity index (χ1v) is 8.67. The molecule has 26 heavy (non-hydrogen) atoms. The van der Waals surface area contributed by atoms with Crippen molar-refractivity contribution < 1.29 is 4.79 Å². The van der Waals surface area contributed by atoms with Crippen molar-refractivity contribution in [1.29, 1.82) is 0 Å². The maximum atomic E-state index is 12.2. The van der Waals surface area contributed by atoms with Crippen LogP contribution in [0.1, 0.15) is 6.42 Å². The average molecular weight is 353 g/mol.